The van der Waals surface area contributed by atoms with Gasteiger partial charge in [0.1, 0.15) is 11.1 Å². The fourth-order valence-electron chi connectivity index (χ4n) is 1.15. The first kappa shape index (κ1) is 11.3. The van der Waals surface area contributed by atoms with Crippen molar-refractivity contribution in [3.8, 4) is 0 Å². The van der Waals surface area contributed by atoms with Crippen molar-refractivity contribution >= 4 is 17.2 Å². The average molecular weight is 247 g/mol. The molecular weight excluding hydrogens is 238 g/mol. The Morgan fingerprint density at radius 1 is 1.47 bits per heavy atom. The third-order valence-electron chi connectivity index (χ3n) is 1.96. The number of dihydropyridines is 1. The molecule has 2 rings (SSSR count). The van der Waals surface area contributed by atoms with Crippen LogP contribution in [0.2, 0.25) is 0 Å². The number of nitrogens with one attached hydrogen (secondary N) is 1. The molecule has 0 saturated carbocycles. The van der Waals surface area contributed by atoms with Gasteiger partial charge in [0, 0.05) is 23.1 Å². The predicted octanol–water partition coefficient (Wildman–Crippen LogP) is 2.37. The van der Waals surface area contributed by atoms with E-state index in [9.17, 15) is 10.0 Å². The molecule has 1 aliphatic rings. The lowest BCUT2D eigenvalue weighted by Crippen LogP contribution is -2.10. The zero-order valence-corrected chi connectivity index (χ0v) is 9.55. The van der Waals surface area contributed by atoms with Gasteiger partial charge in [0.05, 0.1) is 0 Å². The van der Waals surface area contributed by atoms with Crippen molar-refractivity contribution in [1.82, 2.24) is 5.32 Å². The number of hydrogen-bond donors (Lipinski definition) is 1. The van der Waals surface area contributed by atoms with Crippen molar-refractivity contribution in [3.63, 3.8) is 0 Å². The molecule has 1 aliphatic heterocycles. The van der Waals surface area contributed by atoms with Gasteiger partial charge in [-0.1, -0.05) is 6.07 Å². The summed E-state index contributed by atoms with van der Waals surface area (Å²) in [6.07, 6.45) is 8.24. The van der Waals surface area contributed by atoms with Gasteiger partial charge in [-0.05, 0) is 28.5 Å². The molecule has 1 N–H and O–H groups in total. The Balaban J connectivity index is 2.12. The fourth-order valence-corrected chi connectivity index (χ4v) is 1.79. The maximum atomic E-state index is 11.5. The summed E-state index contributed by atoms with van der Waals surface area (Å²) in [5, 5.41) is 19.5. The Bertz CT molecular complexity index is 513. The van der Waals surface area contributed by atoms with Crippen molar-refractivity contribution in [2.24, 2.45) is 5.11 Å². The molecule has 1 aromatic heterocycles. The molecule has 1 amide bonds. The lowest BCUT2D eigenvalue weighted by Gasteiger charge is -1.98. The summed E-state index contributed by atoms with van der Waals surface area (Å²) in [6, 6.07) is 3.30. The number of rotatable bonds is 2. The van der Waals surface area contributed by atoms with Crippen LogP contribution in [0, 0.1) is 5.21 Å². The van der Waals surface area contributed by atoms with E-state index in [1.807, 2.05) is 0 Å². The van der Waals surface area contributed by atoms with Crippen LogP contribution in [0.25, 0.3) is 0 Å². The van der Waals surface area contributed by atoms with Crippen molar-refractivity contribution < 1.29 is 9.66 Å². The van der Waals surface area contributed by atoms with Crippen molar-refractivity contribution in [1.29, 1.82) is 0 Å². The smallest absolute Gasteiger partial charge is 0.465 e. The number of carbonyl (C=O) groups is 1. The highest BCUT2D eigenvalue weighted by Crippen LogP contribution is 2.10. The van der Waals surface area contributed by atoms with Gasteiger partial charge < -0.3 is 10.5 Å². The molecule has 0 fully saturated rings. The molecule has 0 radical (unpaired) electrons. The molecule has 0 aliphatic carbocycles. The molecule has 0 unspecified atom stereocenters. The minimum atomic E-state index is -0.654. The van der Waals surface area contributed by atoms with Crippen LogP contribution in [0.15, 0.2) is 59.0 Å². The third-order valence-corrected chi connectivity index (χ3v) is 2.82. The minimum Gasteiger partial charge on any atom is -0.591 e. The second-order valence-electron chi connectivity index (χ2n) is 3.13. The first-order chi connectivity index (χ1) is 8.27. The summed E-state index contributed by atoms with van der Waals surface area (Å²) in [5.74, 6) is -0.654. The van der Waals surface area contributed by atoms with Crippen LogP contribution in [0.5, 0.6) is 0 Å². The van der Waals surface area contributed by atoms with Crippen LogP contribution >= 0.6 is 11.3 Å². The molecule has 5 nitrogen and oxygen atoms in total. The van der Waals surface area contributed by atoms with Crippen molar-refractivity contribution in [2.45, 2.75) is 0 Å². The number of thiophene rings is 1. The lowest BCUT2D eigenvalue weighted by atomic mass is 10.2. The van der Waals surface area contributed by atoms with Crippen LogP contribution < -0.4 is 5.32 Å². The summed E-state index contributed by atoms with van der Waals surface area (Å²) < 4.78 is 0. The van der Waals surface area contributed by atoms with Gasteiger partial charge >= 0.3 is 5.91 Å². The molecule has 0 saturated heterocycles. The van der Waals surface area contributed by atoms with Crippen LogP contribution in [0.1, 0.15) is 9.67 Å². The van der Waals surface area contributed by atoms with Crippen LogP contribution in [-0.2, 0) is 0 Å². The second-order valence-corrected chi connectivity index (χ2v) is 4.08. The van der Waals surface area contributed by atoms with Crippen LogP contribution in [0.3, 0.4) is 0 Å². The van der Waals surface area contributed by atoms with Gasteiger partial charge in [0.25, 0.3) is 0 Å². The topological polar surface area (TPSA) is 67.5 Å². The highest BCUT2D eigenvalue weighted by Gasteiger charge is 2.16. The van der Waals surface area contributed by atoms with E-state index in [1.165, 1.54) is 17.5 Å². The Kier molecular flexibility index (Phi) is 3.46. The van der Waals surface area contributed by atoms with Crippen LogP contribution in [-0.4, -0.2) is 10.8 Å². The van der Waals surface area contributed by atoms with Crippen molar-refractivity contribution in [2.75, 3.05) is 0 Å². The van der Waals surface area contributed by atoms with Crippen molar-refractivity contribution in [3.05, 3.63) is 63.9 Å². The number of hydrogen-bond acceptors (Lipinski definition) is 5. The molecular formula is C11H9N3O2S. The van der Waals surface area contributed by atoms with E-state index in [4.69, 9.17) is 0 Å². The standard InChI is InChI=1S/C11H9N3O2S/c15-11(10-2-1-7-17-10)14(16)13-8-9-3-5-12-6-4-9/h1-8,12H. The lowest BCUT2D eigenvalue weighted by molar-refractivity contribution is -0.424. The van der Waals surface area contributed by atoms with Gasteiger partial charge in [-0.2, -0.15) is 0 Å². The maximum absolute atomic E-state index is 11.5. The second kappa shape index (κ2) is 5.22. The zero-order valence-electron chi connectivity index (χ0n) is 8.74. The van der Waals surface area contributed by atoms with E-state index >= 15 is 0 Å². The first-order valence-electron chi connectivity index (χ1n) is 4.82. The van der Waals surface area contributed by atoms with Crippen LogP contribution in [0.4, 0.5) is 0 Å². The molecule has 0 atom stereocenters. The van der Waals surface area contributed by atoms with E-state index in [-0.39, 0.29) is 4.86 Å². The number of hydroxylamine groups is 1. The zero-order chi connectivity index (χ0) is 12.1. The summed E-state index contributed by atoms with van der Waals surface area (Å²) in [4.78, 5) is 12.0. The molecule has 17 heavy (non-hydrogen) atoms. The van der Waals surface area contributed by atoms with Gasteiger partial charge in [-0.25, -0.2) is 4.79 Å². The molecule has 86 valence electrons. The van der Waals surface area contributed by atoms with E-state index < -0.39 is 5.91 Å². The fraction of sp³-hybridized carbons (Fsp3) is 0. The molecule has 0 bridgehead atoms. The highest BCUT2D eigenvalue weighted by molar-refractivity contribution is 7.11. The number of allylic oxidation sites excluding steroid dienone is 3. The van der Waals surface area contributed by atoms with Gasteiger partial charge in [0.15, 0.2) is 0 Å². The Morgan fingerprint density at radius 2 is 2.24 bits per heavy atom. The van der Waals surface area contributed by atoms with E-state index in [2.05, 4.69) is 10.4 Å². The Hall–Kier alpha value is -2.21. The maximum Gasteiger partial charge on any atom is 0.465 e. The summed E-state index contributed by atoms with van der Waals surface area (Å²) >= 11 is 1.21. The molecule has 0 spiro atoms. The average Bonchev–Trinajstić information content (AvgIpc) is 2.90. The number of amides is 1. The number of carbonyl (C=O) groups excluding carboxylic acids is 1. The first-order valence-corrected chi connectivity index (χ1v) is 5.70. The Labute approximate surface area is 102 Å². The molecule has 2 heterocycles. The van der Waals surface area contributed by atoms with E-state index in [0.717, 1.165) is 5.57 Å². The SMILES string of the molecule is O=C(c1cccs1)[N+]([O-])=NC=C1C=CNC=C1. The summed E-state index contributed by atoms with van der Waals surface area (Å²) in [5.41, 5.74) is 0.739. The third kappa shape index (κ3) is 2.88. The Morgan fingerprint density at radius 3 is 2.88 bits per heavy atom. The molecule has 1 aromatic rings. The monoisotopic (exact) mass is 247 g/mol. The summed E-state index contributed by atoms with van der Waals surface area (Å²) in [7, 11) is 0. The number of azo groups is 1. The largest absolute Gasteiger partial charge is 0.591 e. The van der Waals surface area contributed by atoms with E-state index in [1.54, 1.807) is 42.1 Å². The summed E-state index contributed by atoms with van der Waals surface area (Å²) in [6.45, 7) is 0. The van der Waals surface area contributed by atoms with Gasteiger partial charge in [-0.3, -0.25) is 0 Å². The predicted molar refractivity (Wildman–Crippen MR) is 64.2 cm³/mol. The van der Waals surface area contributed by atoms with Gasteiger partial charge in [0.2, 0.25) is 0 Å². The highest BCUT2D eigenvalue weighted by atomic mass is 32.1. The van der Waals surface area contributed by atoms with Gasteiger partial charge in [-0.15, -0.1) is 11.3 Å². The molecule has 6 heteroatoms. The minimum absolute atomic E-state index is 0.0859. The molecule has 0 aromatic carbocycles. The van der Waals surface area contributed by atoms with E-state index in [0.29, 0.717) is 4.88 Å². The number of nitrogens with zero attached hydrogens (tertiary/aromatic N) is 2. The normalized spacial score (nSPS) is 14.6. The quantitative estimate of drug-likeness (QED) is 0.495.